The van der Waals surface area contributed by atoms with Crippen molar-refractivity contribution in [2.75, 3.05) is 13.2 Å². The second kappa shape index (κ2) is 6.59. The Morgan fingerprint density at radius 2 is 2.21 bits per heavy atom. The number of aryl methyl sites for hydroxylation is 1. The molecule has 1 saturated heterocycles. The molecule has 0 aromatic carbocycles. The summed E-state index contributed by atoms with van der Waals surface area (Å²) in [6, 6.07) is 0. The molecule has 0 bridgehead atoms. The van der Waals surface area contributed by atoms with E-state index >= 15 is 0 Å². The van der Waals surface area contributed by atoms with Crippen LogP contribution in [-0.4, -0.2) is 47.4 Å². The first kappa shape index (κ1) is 15.3. The van der Waals surface area contributed by atoms with Gasteiger partial charge >= 0.3 is 120 Å². The van der Waals surface area contributed by atoms with E-state index in [0.29, 0.717) is 0 Å². The van der Waals surface area contributed by atoms with Crippen molar-refractivity contribution < 1.29 is 9.47 Å². The number of nitrogens with zero attached hydrogens (tertiary/aromatic N) is 2. The zero-order chi connectivity index (χ0) is 13.9. The van der Waals surface area contributed by atoms with E-state index in [1.807, 2.05) is 0 Å². The normalized spacial score (nSPS) is 20.7. The van der Waals surface area contributed by atoms with E-state index in [-0.39, 0.29) is 6.29 Å². The third-order valence-electron chi connectivity index (χ3n) is 3.58. The first-order valence-corrected chi connectivity index (χ1v) is 17.2. The summed E-state index contributed by atoms with van der Waals surface area (Å²) in [5.74, 6) is 1.11. The molecule has 4 nitrogen and oxygen atoms in total. The van der Waals surface area contributed by atoms with Gasteiger partial charge in [0.25, 0.3) is 0 Å². The summed E-state index contributed by atoms with van der Waals surface area (Å²) in [4.78, 5) is 11.7. The van der Waals surface area contributed by atoms with Crippen LogP contribution < -0.4 is 3.71 Å². The second-order valence-electron chi connectivity index (χ2n) is 6.26. The molecule has 1 atom stereocenters. The van der Waals surface area contributed by atoms with Crippen molar-refractivity contribution in [1.82, 2.24) is 9.55 Å². The summed E-state index contributed by atoms with van der Waals surface area (Å²) >= 11 is -2.07. The molecule has 0 N–H and O–H groups in total. The maximum atomic E-state index is 5.83. The summed E-state index contributed by atoms with van der Waals surface area (Å²) in [6.45, 7) is 4.54. The quantitative estimate of drug-likeness (QED) is 0.744. The van der Waals surface area contributed by atoms with Crippen molar-refractivity contribution in [3.63, 3.8) is 0 Å². The van der Waals surface area contributed by atoms with Crippen LogP contribution in [0.25, 0.3) is 0 Å². The molecule has 5 heteroatoms. The molecule has 19 heavy (non-hydrogen) atoms. The van der Waals surface area contributed by atoms with E-state index in [9.17, 15) is 0 Å². The van der Waals surface area contributed by atoms with Gasteiger partial charge in [-0.05, 0) is 0 Å². The van der Waals surface area contributed by atoms with Gasteiger partial charge in [0.15, 0.2) is 0 Å². The van der Waals surface area contributed by atoms with Crippen molar-refractivity contribution >= 4 is 22.1 Å². The van der Waals surface area contributed by atoms with Crippen molar-refractivity contribution in [1.29, 1.82) is 0 Å². The standard InChI is InChI=1S/C11H17N2O2.3CH3.Sn/c1-10-12-5-6-13(10)7-9-15-11-4-2-3-8-14-11;;;;/h5,11H,2-4,7-9H2,1H3;3*1H3;. The fourth-order valence-corrected chi connectivity index (χ4v) is 6.85. The topological polar surface area (TPSA) is 36.3 Å². The third-order valence-corrected chi connectivity index (χ3v) is 9.11. The molecule has 1 aromatic heterocycles. The van der Waals surface area contributed by atoms with Crippen LogP contribution in [-0.2, 0) is 16.0 Å². The van der Waals surface area contributed by atoms with E-state index in [0.717, 1.165) is 32.0 Å². The molecule has 0 spiro atoms. The molecule has 1 aliphatic heterocycles. The van der Waals surface area contributed by atoms with Crippen molar-refractivity contribution in [2.45, 2.75) is 53.8 Å². The Balaban J connectivity index is 1.90. The zero-order valence-corrected chi connectivity index (χ0v) is 15.5. The van der Waals surface area contributed by atoms with E-state index in [4.69, 9.17) is 9.47 Å². The summed E-state index contributed by atoms with van der Waals surface area (Å²) in [5.41, 5.74) is 0. The van der Waals surface area contributed by atoms with Gasteiger partial charge in [-0.2, -0.15) is 0 Å². The summed E-state index contributed by atoms with van der Waals surface area (Å²) in [6.07, 6.45) is 5.51. The van der Waals surface area contributed by atoms with Crippen LogP contribution >= 0.6 is 0 Å². The predicted octanol–water partition coefficient (Wildman–Crippen LogP) is 2.28. The Morgan fingerprint density at radius 1 is 1.42 bits per heavy atom. The maximum absolute atomic E-state index is 5.83. The number of hydrogen-bond donors (Lipinski definition) is 0. The average molecular weight is 373 g/mol. The number of rotatable bonds is 5. The van der Waals surface area contributed by atoms with Crippen LogP contribution in [0, 0.1) is 6.92 Å². The number of aromatic nitrogens is 2. The minimum absolute atomic E-state index is 0.0131. The fourth-order valence-electron chi connectivity index (χ4n) is 2.47. The Hall–Kier alpha value is -0.0713. The van der Waals surface area contributed by atoms with E-state index in [1.54, 1.807) is 0 Å². The zero-order valence-electron chi connectivity index (χ0n) is 12.6. The Bertz CT molecular complexity index is 406. The van der Waals surface area contributed by atoms with Crippen LogP contribution in [0.3, 0.4) is 0 Å². The third kappa shape index (κ3) is 4.20. The molecule has 1 unspecified atom stereocenters. The summed E-state index contributed by atoms with van der Waals surface area (Å²) in [7, 11) is 0. The summed E-state index contributed by atoms with van der Waals surface area (Å²) in [5, 5.41) is 0. The average Bonchev–Trinajstić information content (AvgIpc) is 2.72. The molecule has 1 aliphatic rings. The van der Waals surface area contributed by atoms with E-state index in [1.165, 1.54) is 16.6 Å². The molecule has 2 heterocycles. The van der Waals surface area contributed by atoms with Crippen LogP contribution in [0.15, 0.2) is 6.20 Å². The fraction of sp³-hybridized carbons (Fsp3) is 0.786. The van der Waals surface area contributed by atoms with Gasteiger partial charge in [-0.15, -0.1) is 0 Å². The van der Waals surface area contributed by atoms with Gasteiger partial charge in [0.1, 0.15) is 0 Å². The van der Waals surface area contributed by atoms with Gasteiger partial charge in [0, 0.05) is 0 Å². The Morgan fingerprint density at radius 3 is 2.84 bits per heavy atom. The van der Waals surface area contributed by atoms with Gasteiger partial charge in [0.05, 0.1) is 0 Å². The molecule has 0 radical (unpaired) electrons. The Kier molecular flexibility index (Phi) is 5.31. The van der Waals surface area contributed by atoms with Crippen molar-refractivity contribution in [3.8, 4) is 0 Å². The molecule has 0 saturated carbocycles. The first-order chi connectivity index (χ1) is 8.98. The van der Waals surface area contributed by atoms with E-state index < -0.39 is 18.4 Å². The molecular weight excluding hydrogens is 347 g/mol. The predicted molar refractivity (Wildman–Crippen MR) is 79.5 cm³/mol. The number of imidazole rings is 1. The van der Waals surface area contributed by atoms with Gasteiger partial charge in [-0.3, -0.25) is 0 Å². The Labute approximate surface area is 120 Å². The van der Waals surface area contributed by atoms with Crippen LogP contribution in [0.2, 0.25) is 14.8 Å². The molecule has 0 aliphatic carbocycles. The molecule has 1 aromatic rings. The van der Waals surface area contributed by atoms with Gasteiger partial charge < -0.3 is 0 Å². The van der Waals surface area contributed by atoms with Crippen molar-refractivity contribution in [2.24, 2.45) is 0 Å². The molecule has 1 fully saturated rings. The summed E-state index contributed by atoms with van der Waals surface area (Å²) < 4.78 is 15.2. The SMILES string of the molecule is Cc1nc[c]([Sn]([CH3])([CH3])[CH3])n1CCOC1CCCCO1. The second-order valence-corrected chi connectivity index (χ2v) is 20.6. The first-order valence-electron chi connectivity index (χ1n) is 7.24. The van der Waals surface area contributed by atoms with E-state index in [2.05, 4.69) is 37.5 Å². The molecular formula is C14H26N2O2Sn. The van der Waals surface area contributed by atoms with Crippen molar-refractivity contribution in [3.05, 3.63) is 12.0 Å². The van der Waals surface area contributed by atoms with Gasteiger partial charge in [-0.25, -0.2) is 0 Å². The number of ether oxygens (including phenoxy) is 2. The molecule has 2 rings (SSSR count). The minimum atomic E-state index is -2.07. The monoisotopic (exact) mass is 374 g/mol. The van der Waals surface area contributed by atoms with Crippen LogP contribution in [0.5, 0.6) is 0 Å². The van der Waals surface area contributed by atoms with Crippen LogP contribution in [0.1, 0.15) is 25.1 Å². The molecule has 0 amide bonds. The van der Waals surface area contributed by atoms with Crippen LogP contribution in [0.4, 0.5) is 0 Å². The van der Waals surface area contributed by atoms with Gasteiger partial charge in [-0.1, -0.05) is 0 Å². The number of hydrogen-bond acceptors (Lipinski definition) is 3. The van der Waals surface area contributed by atoms with Gasteiger partial charge in [0.2, 0.25) is 0 Å². The molecule has 108 valence electrons.